The van der Waals surface area contributed by atoms with Gasteiger partial charge in [-0.3, -0.25) is 4.79 Å². The molecule has 2 aromatic rings. The number of amides is 1. The number of nitrogens with one attached hydrogen (secondary N) is 1. The van der Waals surface area contributed by atoms with E-state index in [2.05, 4.69) is 5.32 Å². The normalized spacial score (nSPS) is 12.1. The van der Waals surface area contributed by atoms with Crippen LogP contribution in [-0.4, -0.2) is 37.9 Å². The van der Waals surface area contributed by atoms with Gasteiger partial charge in [-0.1, -0.05) is 6.07 Å². The summed E-state index contributed by atoms with van der Waals surface area (Å²) in [5, 5.41) is 2.89. The van der Waals surface area contributed by atoms with E-state index in [0.717, 1.165) is 16.9 Å². The number of fused-ring (bicyclic) bond motifs is 1. The van der Waals surface area contributed by atoms with E-state index < -0.39 is 17.8 Å². The fraction of sp³-hybridized carbons (Fsp3) is 0.286. The number of carbonyl (C=O) groups excluding carboxylic acids is 3. The van der Waals surface area contributed by atoms with Crippen LogP contribution in [0.5, 0.6) is 11.5 Å². The number of esters is 2. The van der Waals surface area contributed by atoms with Gasteiger partial charge in [-0.15, -0.1) is 11.3 Å². The minimum absolute atomic E-state index is 0.148. The molecule has 9 heteroatoms. The van der Waals surface area contributed by atoms with Gasteiger partial charge in [0.05, 0.1) is 18.8 Å². The van der Waals surface area contributed by atoms with Crippen LogP contribution in [0.15, 0.2) is 24.3 Å². The Labute approximate surface area is 177 Å². The number of ether oxygens (including phenoxy) is 4. The van der Waals surface area contributed by atoms with Crippen molar-refractivity contribution in [2.75, 3.05) is 25.3 Å². The molecular formula is C21H21NO7S. The lowest BCUT2D eigenvalue weighted by Gasteiger charge is -2.05. The molecule has 158 valence electrons. The molecule has 1 amide bonds. The maximum Gasteiger partial charge on any atom is 0.348 e. The molecule has 1 aliphatic rings. The average Bonchev–Trinajstić information content (AvgIpc) is 3.30. The third-order valence-corrected chi connectivity index (χ3v) is 5.33. The van der Waals surface area contributed by atoms with Crippen molar-refractivity contribution in [3.8, 4) is 11.5 Å². The number of anilines is 1. The molecule has 1 aromatic carbocycles. The molecule has 8 nitrogen and oxygen atoms in total. The third kappa shape index (κ3) is 4.62. The first-order chi connectivity index (χ1) is 14.4. The first kappa shape index (κ1) is 21.4. The lowest BCUT2D eigenvalue weighted by molar-refractivity contribution is -0.111. The monoisotopic (exact) mass is 431 g/mol. The van der Waals surface area contributed by atoms with Gasteiger partial charge in [0.2, 0.25) is 12.7 Å². The van der Waals surface area contributed by atoms with E-state index in [9.17, 15) is 14.4 Å². The van der Waals surface area contributed by atoms with Crippen LogP contribution in [-0.2, 0) is 14.3 Å². The van der Waals surface area contributed by atoms with Gasteiger partial charge >= 0.3 is 11.9 Å². The molecule has 0 unspecified atom stereocenters. The number of rotatable bonds is 7. The molecule has 1 N–H and O–H groups in total. The van der Waals surface area contributed by atoms with Crippen molar-refractivity contribution in [1.29, 1.82) is 0 Å². The summed E-state index contributed by atoms with van der Waals surface area (Å²) in [4.78, 5) is 37.3. The van der Waals surface area contributed by atoms with E-state index in [0.29, 0.717) is 17.1 Å². The molecule has 0 spiro atoms. The molecule has 0 aliphatic carbocycles. The Hall–Kier alpha value is -3.33. The van der Waals surface area contributed by atoms with Crippen molar-refractivity contribution in [2.24, 2.45) is 0 Å². The molecule has 0 saturated carbocycles. The van der Waals surface area contributed by atoms with Gasteiger partial charge in [0, 0.05) is 6.08 Å². The van der Waals surface area contributed by atoms with E-state index in [-0.39, 0.29) is 35.4 Å². The van der Waals surface area contributed by atoms with Gasteiger partial charge in [-0.25, -0.2) is 9.59 Å². The number of thiophene rings is 1. The van der Waals surface area contributed by atoms with Crippen LogP contribution in [0, 0.1) is 6.92 Å². The van der Waals surface area contributed by atoms with Crippen LogP contribution in [0.2, 0.25) is 0 Å². The molecule has 30 heavy (non-hydrogen) atoms. The maximum absolute atomic E-state index is 12.5. The number of carbonyl (C=O) groups is 3. The predicted molar refractivity (Wildman–Crippen MR) is 111 cm³/mol. The van der Waals surface area contributed by atoms with Gasteiger partial charge < -0.3 is 24.3 Å². The van der Waals surface area contributed by atoms with Gasteiger partial charge in [0.25, 0.3) is 0 Å². The van der Waals surface area contributed by atoms with E-state index in [1.54, 1.807) is 45.0 Å². The Balaban J connectivity index is 1.81. The molecular weight excluding hydrogens is 410 g/mol. The van der Waals surface area contributed by atoms with Crippen LogP contribution in [0.1, 0.15) is 45.0 Å². The Kier molecular flexibility index (Phi) is 6.73. The van der Waals surface area contributed by atoms with E-state index in [1.165, 1.54) is 6.08 Å². The topological polar surface area (TPSA) is 100 Å². The molecule has 0 atom stereocenters. The van der Waals surface area contributed by atoms with Gasteiger partial charge in [0.1, 0.15) is 9.88 Å². The summed E-state index contributed by atoms with van der Waals surface area (Å²) in [7, 11) is 0. The highest BCUT2D eigenvalue weighted by molar-refractivity contribution is 7.18. The zero-order valence-electron chi connectivity index (χ0n) is 16.8. The molecule has 3 rings (SSSR count). The molecule has 0 bridgehead atoms. The summed E-state index contributed by atoms with van der Waals surface area (Å²) in [5.41, 5.74) is 1.30. The van der Waals surface area contributed by atoms with Crippen LogP contribution in [0.25, 0.3) is 6.08 Å². The van der Waals surface area contributed by atoms with Crippen molar-refractivity contribution in [1.82, 2.24) is 0 Å². The third-order valence-electron chi connectivity index (χ3n) is 4.15. The zero-order valence-corrected chi connectivity index (χ0v) is 17.6. The average molecular weight is 431 g/mol. The standard InChI is InChI=1S/C21H21NO7S/c1-4-26-20(24)17-12(3)18(21(25)27-5-2)30-19(17)22-16(23)9-7-13-6-8-14-15(10-13)29-11-28-14/h6-10H,4-5,11H2,1-3H3,(H,22,23)/b9-7-. The zero-order chi connectivity index (χ0) is 21.7. The second-order valence-electron chi connectivity index (χ2n) is 6.14. The highest BCUT2D eigenvalue weighted by Crippen LogP contribution is 2.35. The fourth-order valence-corrected chi connectivity index (χ4v) is 3.88. The summed E-state index contributed by atoms with van der Waals surface area (Å²) in [6.45, 7) is 5.52. The Morgan fingerprint density at radius 2 is 1.80 bits per heavy atom. The second-order valence-corrected chi connectivity index (χ2v) is 7.16. The quantitative estimate of drug-likeness (QED) is 0.526. The van der Waals surface area contributed by atoms with E-state index in [1.807, 2.05) is 0 Å². The van der Waals surface area contributed by atoms with Gasteiger partial charge in [0.15, 0.2) is 11.5 Å². The van der Waals surface area contributed by atoms with Crippen LogP contribution in [0.3, 0.4) is 0 Å². The summed E-state index contributed by atoms with van der Waals surface area (Å²) in [5.74, 6) is -0.375. The van der Waals surface area contributed by atoms with Crippen LogP contribution in [0.4, 0.5) is 5.00 Å². The minimum Gasteiger partial charge on any atom is -0.462 e. The van der Waals surface area contributed by atoms with Crippen LogP contribution < -0.4 is 14.8 Å². The number of hydrogen-bond donors (Lipinski definition) is 1. The lowest BCUT2D eigenvalue weighted by Crippen LogP contribution is -2.13. The van der Waals surface area contributed by atoms with E-state index in [4.69, 9.17) is 18.9 Å². The van der Waals surface area contributed by atoms with E-state index >= 15 is 0 Å². The number of benzene rings is 1. The first-order valence-electron chi connectivity index (χ1n) is 9.30. The lowest BCUT2D eigenvalue weighted by atomic mass is 10.1. The van der Waals surface area contributed by atoms with Crippen molar-refractivity contribution in [2.45, 2.75) is 20.8 Å². The van der Waals surface area contributed by atoms with Gasteiger partial charge in [-0.05, 0) is 50.1 Å². The predicted octanol–water partition coefficient (Wildman–Crippen LogP) is 3.79. The Morgan fingerprint density at radius 1 is 1.10 bits per heavy atom. The Morgan fingerprint density at radius 3 is 2.53 bits per heavy atom. The summed E-state index contributed by atoms with van der Waals surface area (Å²) in [6.07, 6.45) is 2.93. The summed E-state index contributed by atoms with van der Waals surface area (Å²) in [6, 6.07) is 5.30. The summed E-state index contributed by atoms with van der Waals surface area (Å²) >= 11 is 0.977. The maximum atomic E-state index is 12.5. The highest BCUT2D eigenvalue weighted by atomic mass is 32.1. The highest BCUT2D eigenvalue weighted by Gasteiger charge is 2.27. The first-order valence-corrected chi connectivity index (χ1v) is 10.1. The molecule has 0 fully saturated rings. The Bertz CT molecular complexity index is 1010. The van der Waals surface area contributed by atoms with Crippen molar-refractivity contribution in [3.05, 3.63) is 45.8 Å². The van der Waals surface area contributed by atoms with Crippen molar-refractivity contribution in [3.63, 3.8) is 0 Å². The number of hydrogen-bond acceptors (Lipinski definition) is 8. The smallest absolute Gasteiger partial charge is 0.348 e. The fourth-order valence-electron chi connectivity index (χ4n) is 2.78. The SMILES string of the molecule is CCOC(=O)c1sc(NC(=O)/C=C\c2ccc3c(c2)OCO3)c(C(=O)OCC)c1C. The van der Waals surface area contributed by atoms with Crippen LogP contribution >= 0.6 is 11.3 Å². The largest absolute Gasteiger partial charge is 0.462 e. The van der Waals surface area contributed by atoms with Gasteiger partial charge in [-0.2, -0.15) is 0 Å². The molecule has 1 aromatic heterocycles. The van der Waals surface area contributed by atoms with Crippen molar-refractivity contribution < 1.29 is 33.3 Å². The summed E-state index contributed by atoms with van der Waals surface area (Å²) < 4.78 is 20.7. The second kappa shape index (κ2) is 9.45. The molecule has 2 heterocycles. The molecule has 1 aliphatic heterocycles. The molecule has 0 radical (unpaired) electrons. The minimum atomic E-state index is -0.614. The van der Waals surface area contributed by atoms with Crippen molar-refractivity contribution >= 4 is 40.3 Å². The molecule has 0 saturated heterocycles.